The molecule has 68 valence electrons. The van der Waals surface area contributed by atoms with E-state index in [1.807, 2.05) is 0 Å². The summed E-state index contributed by atoms with van der Waals surface area (Å²) in [6.45, 7) is 0. The Morgan fingerprint density at radius 3 is 1.83 bits per heavy atom. The first-order valence-electron chi connectivity index (χ1n) is 2.89. The Morgan fingerprint density at radius 1 is 1.08 bits per heavy atom. The molecule has 0 bridgehead atoms. The molecule has 0 spiro atoms. The summed E-state index contributed by atoms with van der Waals surface area (Å²) in [5.41, 5.74) is 0. The van der Waals surface area contributed by atoms with Crippen LogP contribution in [0.25, 0.3) is 0 Å². The molecule has 1 heterocycles. The first kappa shape index (κ1) is 10.6. The van der Waals surface area contributed by atoms with E-state index in [4.69, 9.17) is 21.7 Å². The van der Waals surface area contributed by atoms with E-state index in [0.29, 0.717) is 22.0 Å². The van der Waals surface area contributed by atoms with Gasteiger partial charge in [0, 0.05) is 0 Å². The van der Waals surface area contributed by atoms with Crippen LogP contribution in [0.15, 0.2) is 0 Å². The Kier molecular flexibility index (Phi) is 4.73. The van der Waals surface area contributed by atoms with Crippen molar-refractivity contribution in [1.29, 1.82) is 0 Å². The van der Waals surface area contributed by atoms with Crippen molar-refractivity contribution in [3.8, 4) is 10.1 Å². The first-order valence-corrected chi connectivity index (χ1v) is 6.19. The third-order valence-electron chi connectivity index (χ3n) is 0.910. The largest absolute Gasteiger partial charge is 0.470 e. The maximum absolute atomic E-state index is 5.18. The molecule has 1 aromatic heterocycles. The number of hydrogen-bond acceptors (Lipinski definition) is 7. The monoisotopic (exact) mass is 258 g/mol. The second-order valence-corrected chi connectivity index (χ2v) is 5.24. The van der Waals surface area contributed by atoms with Gasteiger partial charge in [-0.25, -0.2) is 0 Å². The quantitative estimate of drug-likeness (QED) is 0.491. The van der Waals surface area contributed by atoms with E-state index in [2.05, 4.69) is 25.3 Å². The van der Waals surface area contributed by atoms with Crippen molar-refractivity contribution in [2.45, 2.75) is 0 Å². The van der Waals surface area contributed by atoms with Gasteiger partial charge in [0.1, 0.15) is 11.9 Å². The maximum Gasteiger partial charge on any atom is 0.231 e. The van der Waals surface area contributed by atoms with Crippen molar-refractivity contribution >= 4 is 60.1 Å². The number of ether oxygens (including phenoxy) is 2. The Labute approximate surface area is 94.3 Å². The fraction of sp³-hybridized carbons (Fsp3) is 0.400. The minimum atomic E-state index is 0.324. The summed E-state index contributed by atoms with van der Waals surface area (Å²) in [5.74, 6) is 0.649. The third kappa shape index (κ3) is 2.81. The zero-order valence-corrected chi connectivity index (χ0v) is 10.1. The van der Waals surface area contributed by atoms with Gasteiger partial charge in [0.2, 0.25) is 10.1 Å². The van der Waals surface area contributed by atoms with Crippen molar-refractivity contribution in [2.75, 3.05) is 11.9 Å². The van der Waals surface area contributed by atoms with Gasteiger partial charge >= 0.3 is 0 Å². The van der Waals surface area contributed by atoms with Crippen LogP contribution in [0.2, 0.25) is 0 Å². The van der Waals surface area contributed by atoms with Gasteiger partial charge in [0.05, 0.1) is 0 Å². The van der Waals surface area contributed by atoms with Crippen LogP contribution in [-0.2, 0) is 0 Å². The van der Waals surface area contributed by atoms with E-state index >= 15 is 0 Å². The van der Waals surface area contributed by atoms with Crippen LogP contribution < -0.4 is 9.47 Å². The molecule has 0 N–H and O–H groups in total. The molecule has 7 heteroatoms. The summed E-state index contributed by atoms with van der Waals surface area (Å²) < 4.78 is 11.1. The zero-order chi connectivity index (χ0) is 8.97. The standard InChI is InChI=1S/C5H6O2S5/c8-1-6-3-4(7-2-9)12-5(10)11-3/h8-9H,1-2H2. The van der Waals surface area contributed by atoms with Crippen molar-refractivity contribution < 1.29 is 9.47 Å². The molecule has 0 aliphatic carbocycles. The molecule has 0 radical (unpaired) electrons. The molecule has 0 fully saturated rings. The molecule has 2 nitrogen and oxygen atoms in total. The lowest BCUT2D eigenvalue weighted by molar-refractivity contribution is 0.353. The van der Waals surface area contributed by atoms with E-state index < -0.39 is 0 Å². The van der Waals surface area contributed by atoms with E-state index in [1.54, 1.807) is 0 Å². The minimum absolute atomic E-state index is 0.324. The zero-order valence-electron chi connectivity index (χ0n) is 5.85. The summed E-state index contributed by atoms with van der Waals surface area (Å²) in [7, 11) is 0. The highest BCUT2D eigenvalue weighted by Crippen LogP contribution is 2.40. The highest BCUT2D eigenvalue weighted by molar-refractivity contribution is 7.80. The van der Waals surface area contributed by atoms with Crippen LogP contribution in [0, 0.1) is 3.14 Å². The normalized spacial score (nSPS) is 9.83. The lowest BCUT2D eigenvalue weighted by Crippen LogP contribution is -1.91. The molecule has 0 amide bonds. The Hall–Kier alpha value is 0.570. The molecule has 0 aliphatic heterocycles. The van der Waals surface area contributed by atoms with Gasteiger partial charge in [0.15, 0.2) is 3.14 Å². The molecule has 0 saturated carbocycles. The van der Waals surface area contributed by atoms with Gasteiger partial charge in [-0.3, -0.25) is 0 Å². The van der Waals surface area contributed by atoms with E-state index in [0.717, 1.165) is 3.14 Å². The second kappa shape index (κ2) is 5.33. The molecule has 1 aromatic rings. The first-order chi connectivity index (χ1) is 5.77. The minimum Gasteiger partial charge on any atom is -0.470 e. The van der Waals surface area contributed by atoms with Gasteiger partial charge in [-0.2, -0.15) is 0 Å². The van der Waals surface area contributed by atoms with E-state index in [1.165, 1.54) is 22.7 Å². The predicted molar refractivity (Wildman–Crippen MR) is 62.0 cm³/mol. The van der Waals surface area contributed by atoms with Crippen LogP contribution in [-0.4, -0.2) is 11.9 Å². The molecule has 0 aliphatic rings. The molecule has 0 aromatic carbocycles. The summed E-state index contributed by atoms with van der Waals surface area (Å²) in [6, 6.07) is 0. The van der Waals surface area contributed by atoms with E-state index in [-0.39, 0.29) is 0 Å². The molecule has 0 atom stereocenters. The smallest absolute Gasteiger partial charge is 0.231 e. The maximum atomic E-state index is 5.18. The molecule has 1 rings (SSSR count). The average molecular weight is 258 g/mol. The molecule has 12 heavy (non-hydrogen) atoms. The van der Waals surface area contributed by atoms with Crippen molar-refractivity contribution in [2.24, 2.45) is 0 Å². The summed E-state index contributed by atoms with van der Waals surface area (Å²) in [6.07, 6.45) is 0. The van der Waals surface area contributed by atoms with Crippen LogP contribution in [0.1, 0.15) is 0 Å². The van der Waals surface area contributed by atoms with Crippen LogP contribution in [0.5, 0.6) is 10.1 Å². The number of thiol groups is 2. The summed E-state index contributed by atoms with van der Waals surface area (Å²) >= 11 is 15.6. The lowest BCUT2D eigenvalue weighted by atomic mass is 10.9. The van der Waals surface area contributed by atoms with Crippen molar-refractivity contribution in [3.05, 3.63) is 3.14 Å². The molecular formula is C5H6O2S5. The molecule has 0 saturated heterocycles. The topological polar surface area (TPSA) is 18.5 Å². The molecule has 0 unspecified atom stereocenters. The van der Waals surface area contributed by atoms with Crippen LogP contribution in [0.3, 0.4) is 0 Å². The predicted octanol–water partition coefficient (Wildman–Crippen LogP) is 3.07. The Bertz CT molecular complexity index is 264. The van der Waals surface area contributed by atoms with Crippen LogP contribution in [0.4, 0.5) is 0 Å². The molecular weight excluding hydrogens is 252 g/mol. The number of rotatable bonds is 4. The number of hydrogen-bond donors (Lipinski definition) is 2. The van der Waals surface area contributed by atoms with Gasteiger partial charge in [-0.05, 0) is 0 Å². The van der Waals surface area contributed by atoms with Crippen molar-refractivity contribution in [1.82, 2.24) is 0 Å². The highest BCUT2D eigenvalue weighted by atomic mass is 32.2. The fourth-order valence-electron chi connectivity index (χ4n) is 0.550. The lowest BCUT2D eigenvalue weighted by Gasteiger charge is -2.01. The SMILES string of the molecule is S=c1sc(OCS)c(OCS)s1. The average Bonchev–Trinajstić information content (AvgIpc) is 2.33. The summed E-state index contributed by atoms with van der Waals surface area (Å²) in [5, 5.41) is 1.38. The highest BCUT2D eigenvalue weighted by Gasteiger charge is 2.08. The van der Waals surface area contributed by atoms with Crippen LogP contribution >= 0.6 is 60.1 Å². The summed E-state index contributed by atoms with van der Waals surface area (Å²) in [4.78, 5) is 0. The van der Waals surface area contributed by atoms with Gasteiger partial charge in [-0.1, -0.05) is 34.9 Å². The van der Waals surface area contributed by atoms with Gasteiger partial charge in [-0.15, -0.1) is 25.3 Å². The Morgan fingerprint density at radius 2 is 1.50 bits per heavy atom. The van der Waals surface area contributed by atoms with Gasteiger partial charge < -0.3 is 9.47 Å². The van der Waals surface area contributed by atoms with Crippen molar-refractivity contribution in [3.63, 3.8) is 0 Å². The fourth-order valence-corrected chi connectivity index (χ4v) is 3.13. The second-order valence-electron chi connectivity index (χ2n) is 1.58. The van der Waals surface area contributed by atoms with Gasteiger partial charge in [0.25, 0.3) is 0 Å². The van der Waals surface area contributed by atoms with E-state index in [9.17, 15) is 0 Å². The third-order valence-corrected chi connectivity index (χ3v) is 3.61. The Balaban J connectivity index is 2.84.